The third-order valence-electron chi connectivity index (χ3n) is 0. The van der Waals surface area contributed by atoms with E-state index in [1.807, 2.05) is 0 Å². The number of hydrogen-bond donors (Lipinski definition) is 2. The Bertz CT molecular complexity index is 57.8. The van der Waals surface area contributed by atoms with Crippen molar-refractivity contribution in [1.29, 1.82) is 0 Å². The molecule has 0 radical (unpaired) electrons. The lowest BCUT2D eigenvalue weighted by atomic mass is 12.0. The van der Waals surface area contributed by atoms with Gasteiger partial charge in [0.2, 0.25) is 0 Å². The van der Waals surface area contributed by atoms with Crippen LogP contribution >= 0.6 is 6.42 Å². The van der Waals surface area contributed by atoms with E-state index in [1.54, 1.807) is 0 Å². The van der Waals surface area contributed by atoms with E-state index >= 15 is 0 Å². The van der Waals surface area contributed by atoms with Gasteiger partial charge in [0.05, 0.1) is 0 Å². The minimum atomic E-state index is -2.31. The first-order chi connectivity index (χ1) is 2.00. The summed E-state index contributed by atoms with van der Waals surface area (Å²) in [4.78, 5) is 8.22. The molecule has 1 atom stereocenters. The Labute approximate surface area is 36.1 Å². The van der Waals surface area contributed by atoms with Crippen molar-refractivity contribution >= 4 is 18.2 Å². The van der Waals surface area contributed by atoms with Crippen molar-refractivity contribution in [3.8, 4) is 0 Å². The maximum Gasteiger partial charge on any atom is 0.121 e. The second-order valence-corrected chi connectivity index (χ2v) is 5.05. The van der Waals surface area contributed by atoms with Crippen molar-refractivity contribution in [2.45, 2.75) is 0 Å². The second-order valence-electron chi connectivity index (χ2n) is 0.943. The van der Waals surface area contributed by atoms with E-state index in [1.165, 1.54) is 6.66 Å². The molecule has 0 aliphatic heterocycles. The van der Waals surface area contributed by atoms with Gasteiger partial charge in [0, 0.05) is 6.66 Å². The lowest BCUT2D eigenvalue weighted by Gasteiger charge is -1.92. The molecule has 0 rings (SSSR count). The monoisotopic (exact) mass is 111 g/mol. The van der Waals surface area contributed by atoms with Crippen LogP contribution in [0, 0.1) is 0 Å². The van der Waals surface area contributed by atoms with E-state index in [2.05, 4.69) is 11.8 Å². The molecule has 0 heterocycles. The van der Waals surface area contributed by atoms with Crippen LogP contribution in [0.25, 0.3) is 0 Å². The number of rotatable bonds is 0. The molecule has 3 N–H and O–H groups in total. The quantitative estimate of drug-likeness (QED) is 0.428. The summed E-state index contributed by atoms with van der Waals surface area (Å²) >= 11 is 4.27. The summed E-state index contributed by atoms with van der Waals surface area (Å²) in [6.07, 6.45) is -2.31. The van der Waals surface area contributed by atoms with E-state index in [4.69, 9.17) is 10.4 Å². The Morgan fingerprint density at radius 1 is 2.00 bits per heavy atom. The van der Waals surface area contributed by atoms with Gasteiger partial charge in [-0.2, -0.15) is 0 Å². The topological polar surface area (TPSA) is 46.2 Å². The van der Waals surface area contributed by atoms with Crippen LogP contribution in [0.2, 0.25) is 0 Å². The summed E-state index contributed by atoms with van der Waals surface area (Å²) in [6, 6.07) is 0. The highest BCUT2D eigenvalue weighted by atomic mass is 32.4. The fraction of sp³-hybridized carbons (Fsp3) is 1.00. The Kier molecular flexibility index (Phi) is 1.50. The third-order valence-corrected chi connectivity index (χ3v) is 0. The number of nitrogens with two attached hydrogens (primary N) is 1. The molecule has 4 heteroatoms. The zero-order valence-corrected chi connectivity index (χ0v) is 4.59. The lowest BCUT2D eigenvalue weighted by molar-refractivity contribution is 0.629. The van der Waals surface area contributed by atoms with Gasteiger partial charge in [-0.25, -0.2) is 0 Å². The summed E-state index contributed by atoms with van der Waals surface area (Å²) in [5.41, 5.74) is 4.84. The van der Waals surface area contributed by atoms with E-state index < -0.39 is 6.42 Å². The highest BCUT2D eigenvalue weighted by Crippen LogP contribution is 2.21. The first-order valence-electron chi connectivity index (χ1n) is 1.09. The van der Waals surface area contributed by atoms with Crippen molar-refractivity contribution in [3.63, 3.8) is 0 Å². The summed E-state index contributed by atoms with van der Waals surface area (Å²) in [6.45, 7) is 1.45. The van der Waals surface area contributed by atoms with Crippen LogP contribution in [-0.2, 0) is 11.8 Å². The minimum absolute atomic E-state index is 1.45. The fourth-order valence-corrected chi connectivity index (χ4v) is 0. The number of hydrogen-bond acceptors (Lipinski definition) is 1. The van der Waals surface area contributed by atoms with Crippen LogP contribution < -0.4 is 5.50 Å². The van der Waals surface area contributed by atoms with Crippen LogP contribution in [0.3, 0.4) is 0 Å². The van der Waals surface area contributed by atoms with Gasteiger partial charge in [0.25, 0.3) is 0 Å². The van der Waals surface area contributed by atoms with Gasteiger partial charge >= 0.3 is 0 Å². The standard InChI is InChI=1S/CH6NOPS/c1-4(2,3)5/h1H3,(H3,2,3,5). The van der Waals surface area contributed by atoms with Crippen molar-refractivity contribution in [3.05, 3.63) is 0 Å². The molecule has 0 saturated carbocycles. The lowest BCUT2D eigenvalue weighted by Crippen LogP contribution is -1.85. The second kappa shape index (κ2) is 1.35. The predicted octanol–water partition coefficient (Wildman–Crippen LogP) is -0.123. The van der Waals surface area contributed by atoms with Crippen LogP contribution in [-0.4, -0.2) is 11.6 Å². The molecule has 0 saturated heterocycles. The van der Waals surface area contributed by atoms with Gasteiger partial charge in [-0.1, -0.05) is 11.8 Å². The zero-order chi connectivity index (χ0) is 4.50. The minimum Gasteiger partial charge on any atom is -0.354 e. The van der Waals surface area contributed by atoms with Gasteiger partial charge in [-0.05, 0) is 0 Å². The first-order valence-corrected chi connectivity index (χ1v) is 4.36. The Morgan fingerprint density at radius 3 is 2.00 bits per heavy atom. The normalized spacial score (nSPS) is 21.4. The van der Waals surface area contributed by atoms with E-state index in [-0.39, 0.29) is 0 Å². The highest BCUT2D eigenvalue weighted by molar-refractivity contribution is 8.10. The van der Waals surface area contributed by atoms with Gasteiger partial charge in [-0.15, -0.1) is 0 Å². The van der Waals surface area contributed by atoms with E-state index in [0.29, 0.717) is 0 Å². The fourth-order valence-electron chi connectivity index (χ4n) is 0. The molecule has 0 spiro atoms. The molecule has 0 aromatic heterocycles. The van der Waals surface area contributed by atoms with E-state index in [0.717, 1.165) is 0 Å². The summed E-state index contributed by atoms with van der Waals surface area (Å²) in [7, 11) is 0. The summed E-state index contributed by atoms with van der Waals surface area (Å²) in [5.74, 6) is 0. The molecule has 0 fully saturated rings. The van der Waals surface area contributed by atoms with Crippen molar-refractivity contribution in [2.24, 2.45) is 5.50 Å². The molecule has 0 aromatic carbocycles. The van der Waals surface area contributed by atoms with Crippen molar-refractivity contribution < 1.29 is 4.89 Å². The Morgan fingerprint density at radius 2 is 2.00 bits per heavy atom. The van der Waals surface area contributed by atoms with Gasteiger partial charge in [0.15, 0.2) is 0 Å². The average Bonchev–Trinajstić information content (AvgIpc) is 0.722. The van der Waals surface area contributed by atoms with Gasteiger partial charge in [-0.3, -0.25) is 5.50 Å². The van der Waals surface area contributed by atoms with Crippen LogP contribution in [0.5, 0.6) is 0 Å². The van der Waals surface area contributed by atoms with E-state index in [9.17, 15) is 0 Å². The molecular formula is CH6NOPS. The van der Waals surface area contributed by atoms with Gasteiger partial charge < -0.3 is 4.89 Å². The third kappa shape index (κ3) is 92.9. The maximum absolute atomic E-state index is 8.22. The largest absolute Gasteiger partial charge is 0.354 e. The van der Waals surface area contributed by atoms with Crippen LogP contribution in [0.15, 0.2) is 0 Å². The Balaban J connectivity index is 3.47. The molecule has 2 nitrogen and oxygen atoms in total. The summed E-state index contributed by atoms with van der Waals surface area (Å²) in [5, 5.41) is 0. The first kappa shape index (κ1) is 5.57. The molecule has 0 amide bonds. The highest BCUT2D eigenvalue weighted by Gasteiger charge is 1.85. The Hall–Kier alpha value is 0.570. The molecule has 0 aliphatic carbocycles. The molecular weight excluding hydrogens is 105 g/mol. The SMILES string of the molecule is CP(N)(O)=S. The molecule has 0 bridgehead atoms. The predicted molar refractivity (Wildman–Crippen MR) is 26.6 cm³/mol. The van der Waals surface area contributed by atoms with Crippen LogP contribution in [0.1, 0.15) is 0 Å². The smallest absolute Gasteiger partial charge is 0.121 e. The molecule has 1 unspecified atom stereocenters. The van der Waals surface area contributed by atoms with Gasteiger partial charge in [0.1, 0.15) is 6.42 Å². The summed E-state index contributed by atoms with van der Waals surface area (Å²) < 4.78 is 0. The van der Waals surface area contributed by atoms with Crippen molar-refractivity contribution in [2.75, 3.05) is 6.66 Å². The molecule has 0 aromatic rings. The zero-order valence-electron chi connectivity index (χ0n) is 2.88. The van der Waals surface area contributed by atoms with Crippen molar-refractivity contribution in [1.82, 2.24) is 0 Å². The molecule has 0 aliphatic rings. The maximum atomic E-state index is 8.22. The molecule has 5 heavy (non-hydrogen) atoms. The molecule has 32 valence electrons. The van der Waals surface area contributed by atoms with Crippen LogP contribution in [0.4, 0.5) is 0 Å². The average molecular weight is 111 g/mol.